The molecule has 0 bridgehead atoms. The van der Waals surface area contributed by atoms with E-state index in [1.54, 1.807) is 12.1 Å². The van der Waals surface area contributed by atoms with Crippen LogP contribution in [0.1, 0.15) is 30.1 Å². The summed E-state index contributed by atoms with van der Waals surface area (Å²) < 4.78 is 0. The fraction of sp³-hybridized carbons (Fsp3) is 0.267. The molecule has 108 valence electrons. The molecule has 0 radical (unpaired) electrons. The molecular formula is C15H18O2S3. The monoisotopic (exact) mass is 326 g/mol. The third-order valence-corrected chi connectivity index (χ3v) is 7.45. The number of hydrogen-bond donors (Lipinski definition) is 3. The fourth-order valence-corrected chi connectivity index (χ4v) is 5.01. The van der Waals surface area contributed by atoms with Gasteiger partial charge < -0.3 is 5.11 Å². The summed E-state index contributed by atoms with van der Waals surface area (Å²) >= 11 is 9.48. The molecule has 0 aliphatic carbocycles. The molecule has 0 atom stereocenters. The third-order valence-electron chi connectivity index (χ3n) is 3.22. The molecule has 0 saturated heterocycles. The minimum Gasteiger partial charge on any atom is -0.478 e. The lowest BCUT2D eigenvalue weighted by Gasteiger charge is -2.29. The van der Waals surface area contributed by atoms with Gasteiger partial charge in [0.25, 0.3) is 0 Å². The summed E-state index contributed by atoms with van der Waals surface area (Å²) in [6, 6.07) is 11.2. The van der Waals surface area contributed by atoms with Gasteiger partial charge in [0.2, 0.25) is 0 Å². The highest BCUT2D eigenvalue weighted by Gasteiger charge is 2.17. The van der Waals surface area contributed by atoms with Crippen LogP contribution in [-0.2, 0) is 0 Å². The summed E-state index contributed by atoms with van der Waals surface area (Å²) in [6.45, 7) is 2.16. The SMILES string of the molecule is CCCCS(S)(S)c1ccc2cc(C(=O)O)ccc2c1. The number of fused-ring (bicyclic) bond motifs is 1. The van der Waals surface area contributed by atoms with Crippen molar-refractivity contribution in [3.8, 4) is 0 Å². The lowest BCUT2D eigenvalue weighted by Crippen LogP contribution is -1.96. The Kier molecular flexibility index (Phi) is 4.94. The topological polar surface area (TPSA) is 37.3 Å². The van der Waals surface area contributed by atoms with Gasteiger partial charge in [-0.3, -0.25) is 0 Å². The zero-order valence-electron chi connectivity index (χ0n) is 11.2. The smallest absolute Gasteiger partial charge is 0.335 e. The summed E-state index contributed by atoms with van der Waals surface area (Å²) in [5, 5.41) is 11.0. The van der Waals surface area contributed by atoms with E-state index in [9.17, 15) is 4.79 Å². The quantitative estimate of drug-likeness (QED) is 0.522. The van der Waals surface area contributed by atoms with Crippen molar-refractivity contribution >= 4 is 48.2 Å². The highest BCUT2D eigenvalue weighted by atomic mass is 33.5. The van der Waals surface area contributed by atoms with E-state index in [4.69, 9.17) is 28.4 Å². The Bertz CT molecular complexity index is 638. The van der Waals surface area contributed by atoms with Crippen LogP contribution in [0.5, 0.6) is 0 Å². The maximum atomic E-state index is 11.0. The van der Waals surface area contributed by atoms with E-state index in [-0.39, 0.29) is 0 Å². The molecule has 2 aromatic carbocycles. The number of carboxylic acid groups (broad SMARTS) is 1. The van der Waals surface area contributed by atoms with Gasteiger partial charge in [-0.15, -0.1) is 31.4 Å². The van der Waals surface area contributed by atoms with Crippen LogP contribution in [0.4, 0.5) is 0 Å². The highest BCUT2D eigenvalue weighted by Crippen LogP contribution is 2.64. The highest BCUT2D eigenvalue weighted by molar-refractivity contribution is 9.17. The van der Waals surface area contributed by atoms with Crippen LogP contribution in [-0.4, -0.2) is 16.8 Å². The van der Waals surface area contributed by atoms with Crippen LogP contribution in [0, 0.1) is 0 Å². The van der Waals surface area contributed by atoms with E-state index in [0.717, 1.165) is 34.3 Å². The Labute approximate surface area is 130 Å². The van der Waals surface area contributed by atoms with Gasteiger partial charge in [-0.25, -0.2) is 4.79 Å². The molecule has 0 aromatic heterocycles. The minimum absolute atomic E-state index is 0.312. The number of carbonyl (C=O) groups is 1. The molecule has 1 N–H and O–H groups in total. The number of unbranched alkanes of at least 4 members (excludes halogenated alkanes) is 1. The summed E-state index contributed by atoms with van der Waals surface area (Å²) in [7, 11) is -1.37. The second-order valence-electron chi connectivity index (χ2n) is 4.75. The predicted octanol–water partition coefficient (Wildman–Crippen LogP) is 5.19. The number of aromatic carboxylic acids is 1. The maximum Gasteiger partial charge on any atom is 0.335 e. The largest absolute Gasteiger partial charge is 0.478 e. The normalized spacial score (nSPS) is 12.6. The van der Waals surface area contributed by atoms with E-state index >= 15 is 0 Å². The Morgan fingerprint density at radius 2 is 1.80 bits per heavy atom. The zero-order valence-corrected chi connectivity index (χ0v) is 13.8. The number of benzene rings is 2. The molecule has 2 nitrogen and oxygen atoms in total. The molecular weight excluding hydrogens is 308 g/mol. The van der Waals surface area contributed by atoms with Gasteiger partial charge in [0.05, 0.1) is 5.56 Å². The van der Waals surface area contributed by atoms with Crippen molar-refractivity contribution in [2.75, 3.05) is 5.75 Å². The first-order chi connectivity index (χ1) is 9.44. The van der Waals surface area contributed by atoms with Crippen molar-refractivity contribution in [3.05, 3.63) is 42.0 Å². The minimum atomic E-state index is -1.37. The number of thiol groups is 2. The molecule has 5 heteroatoms. The van der Waals surface area contributed by atoms with Crippen LogP contribution in [0.25, 0.3) is 10.8 Å². The lowest BCUT2D eigenvalue weighted by molar-refractivity contribution is 0.0697. The standard InChI is InChI=1S/C15H18O2S3/c1-2-3-8-20(18,19)14-7-6-11-9-13(15(16)17)5-4-12(11)10-14/h4-7,9-10,18-19H,2-3,8H2,1H3,(H,16,17). The number of carboxylic acids is 1. The van der Waals surface area contributed by atoms with Gasteiger partial charge >= 0.3 is 5.97 Å². The summed E-state index contributed by atoms with van der Waals surface area (Å²) in [5.41, 5.74) is 0.312. The Morgan fingerprint density at radius 1 is 1.15 bits per heavy atom. The average molecular weight is 327 g/mol. The van der Waals surface area contributed by atoms with E-state index < -0.39 is 14.1 Å². The Hall–Kier alpha value is -0.780. The van der Waals surface area contributed by atoms with E-state index in [2.05, 4.69) is 13.0 Å². The first kappa shape index (κ1) is 15.6. The summed E-state index contributed by atoms with van der Waals surface area (Å²) in [6.07, 6.45) is 2.24. The second-order valence-corrected chi connectivity index (χ2v) is 11.6. The predicted molar refractivity (Wildman–Crippen MR) is 94.5 cm³/mol. The van der Waals surface area contributed by atoms with Crippen molar-refractivity contribution < 1.29 is 9.90 Å². The second kappa shape index (κ2) is 6.33. The van der Waals surface area contributed by atoms with Gasteiger partial charge in [0.15, 0.2) is 0 Å². The first-order valence-electron chi connectivity index (χ1n) is 6.47. The Morgan fingerprint density at radius 3 is 2.45 bits per heavy atom. The fourth-order valence-electron chi connectivity index (χ4n) is 2.02. The molecule has 0 fully saturated rings. The van der Waals surface area contributed by atoms with Crippen molar-refractivity contribution in [3.63, 3.8) is 0 Å². The van der Waals surface area contributed by atoms with Crippen LogP contribution >= 0.6 is 31.4 Å². The molecule has 0 aliphatic heterocycles. The van der Waals surface area contributed by atoms with Gasteiger partial charge in [-0.2, -0.15) is 0 Å². The number of hydrogen-bond acceptors (Lipinski definition) is 3. The first-order valence-corrected chi connectivity index (χ1v) is 10.4. The van der Waals surface area contributed by atoms with Gasteiger partial charge in [-0.1, -0.05) is 25.5 Å². The van der Waals surface area contributed by atoms with E-state index in [1.807, 2.05) is 18.2 Å². The van der Waals surface area contributed by atoms with Gasteiger partial charge in [0, 0.05) is 4.90 Å². The number of rotatable bonds is 5. The van der Waals surface area contributed by atoms with Gasteiger partial charge in [0.1, 0.15) is 0 Å². The summed E-state index contributed by atoms with van der Waals surface area (Å²) in [5.74, 6) is 0.0799. The third kappa shape index (κ3) is 3.45. The van der Waals surface area contributed by atoms with Crippen molar-refractivity contribution in [1.82, 2.24) is 0 Å². The molecule has 0 saturated carbocycles. The van der Waals surface area contributed by atoms with Crippen molar-refractivity contribution in [2.45, 2.75) is 24.7 Å². The molecule has 0 unspecified atom stereocenters. The molecule has 2 aromatic rings. The molecule has 0 aliphatic rings. The van der Waals surface area contributed by atoms with Crippen molar-refractivity contribution in [2.24, 2.45) is 0 Å². The molecule has 0 amide bonds. The van der Waals surface area contributed by atoms with Crippen LogP contribution in [0.2, 0.25) is 0 Å². The average Bonchev–Trinajstić information content (AvgIpc) is 2.44. The van der Waals surface area contributed by atoms with Crippen molar-refractivity contribution in [1.29, 1.82) is 0 Å². The lowest BCUT2D eigenvalue weighted by atomic mass is 10.1. The molecule has 20 heavy (non-hydrogen) atoms. The molecule has 2 rings (SSSR count). The summed E-state index contributed by atoms with van der Waals surface area (Å²) in [4.78, 5) is 12.1. The van der Waals surface area contributed by atoms with E-state index in [0.29, 0.717) is 5.56 Å². The van der Waals surface area contributed by atoms with E-state index in [1.165, 1.54) is 0 Å². The molecule has 0 heterocycles. The van der Waals surface area contributed by atoms with Crippen LogP contribution in [0.3, 0.4) is 0 Å². The maximum absolute atomic E-state index is 11.0. The van der Waals surface area contributed by atoms with Gasteiger partial charge in [-0.05, 0) is 47.2 Å². The molecule has 0 spiro atoms. The Balaban J connectivity index is 2.39. The zero-order chi connectivity index (χ0) is 14.8. The van der Waals surface area contributed by atoms with Crippen LogP contribution < -0.4 is 0 Å². The van der Waals surface area contributed by atoms with Crippen LogP contribution in [0.15, 0.2) is 41.3 Å².